The Hall–Kier alpha value is -7.54. The number of anilines is 1. The number of nitrogens with two attached hydrogens (primary N) is 4. The van der Waals surface area contributed by atoms with Gasteiger partial charge in [0.2, 0.25) is 11.5 Å². The summed E-state index contributed by atoms with van der Waals surface area (Å²) in [4.78, 5) is 149. The van der Waals surface area contributed by atoms with Gasteiger partial charge in [0.1, 0.15) is 52.2 Å². The molecule has 15 atom stereocenters. The molecule has 2 aromatic heterocycles. The molecule has 6 aliphatic rings. The molecule has 0 bridgehead atoms. The lowest BCUT2D eigenvalue weighted by molar-refractivity contribution is -0.161. The molecule has 6 saturated heterocycles. The van der Waals surface area contributed by atoms with E-state index in [-0.39, 0.29) is 187 Å². The van der Waals surface area contributed by atoms with E-state index in [0.717, 1.165) is 48.3 Å². The normalized spacial score (nSPS) is 23.7. The SMILES string of the molecule is CC(=O)C[C@@H]1CC[C@@H]([C@@H](C)O)B(O)O1.CC(=O)C[C@@H]1CC[C@H](CC(=O)/C(=N\OC(C)(C)C(=O)O)c2csc(N)n2)B(O)O1.CC(=O)C[C@@H]1CC[C@H](CC(=O)CC[C@H](N)C(=O)O)B(O)O1.CC(=O)C[C@@H]1CC[C@H](CC(=O)[C@@H](N)c2ccccc2)B(O)O1.CC(=O)C[C@@H]1CC[C@H](Cc2ccccn2)B(O)O1.CC(=O)C[C@@H]1CC[C@H](NC(=O)CCN)B(O)O1. The van der Waals surface area contributed by atoms with Gasteiger partial charge in [-0.05, 0) is 176 Å². The van der Waals surface area contributed by atoms with Crippen LogP contribution in [0.25, 0.3) is 0 Å². The summed E-state index contributed by atoms with van der Waals surface area (Å²) in [6.07, 6.45) is 10.9. The summed E-state index contributed by atoms with van der Waals surface area (Å²) in [6, 6.07) is 13.2. The molecule has 0 unspecified atom stereocenters. The van der Waals surface area contributed by atoms with Crippen molar-refractivity contribution in [3.8, 4) is 0 Å². The van der Waals surface area contributed by atoms with Crippen molar-refractivity contribution in [1.29, 1.82) is 0 Å². The first-order valence-electron chi connectivity index (χ1n) is 41.1. The number of Topliss-reactive ketones (excluding diaryl/α,β-unsaturated/α-hetero) is 9. The number of amides is 1. The topological polar surface area (TPSA) is 606 Å². The van der Waals surface area contributed by atoms with E-state index < -0.39 is 96.0 Å². The lowest BCUT2D eigenvalue weighted by Gasteiger charge is -2.32. The van der Waals surface area contributed by atoms with E-state index in [9.17, 15) is 92.8 Å². The lowest BCUT2D eigenvalue weighted by atomic mass is 9.64. The van der Waals surface area contributed by atoms with Gasteiger partial charge in [-0.3, -0.25) is 57.7 Å². The summed E-state index contributed by atoms with van der Waals surface area (Å²) in [7, 11) is -6.03. The molecule has 43 heteroatoms. The van der Waals surface area contributed by atoms with E-state index >= 15 is 0 Å². The monoisotopic (exact) mass is 1720 g/mol. The van der Waals surface area contributed by atoms with Crippen molar-refractivity contribution in [2.75, 3.05) is 12.3 Å². The fourth-order valence-corrected chi connectivity index (χ4v) is 14.7. The number of aliphatic carboxylic acids is 2. The molecule has 18 N–H and O–H groups in total. The van der Waals surface area contributed by atoms with E-state index in [1.807, 2.05) is 48.5 Å². The van der Waals surface area contributed by atoms with E-state index in [0.29, 0.717) is 83.5 Å². The molecule has 666 valence electrons. The zero-order valence-electron chi connectivity index (χ0n) is 70.6. The van der Waals surface area contributed by atoms with Crippen LogP contribution in [0.1, 0.15) is 239 Å². The number of nitrogen functional groups attached to an aromatic ring is 1. The molecule has 6 aliphatic heterocycles. The standard InChI is InChI=1S/C17H24BN3O7S.C16H22BNO4.C13H22BNO6.C13H18BNO3.C10H19BN2O4.C9H17BO4/c1-9(22)6-11-5-4-10(18(26)27-11)7-13(23)14(12-8-29-16(19)20-12)21-28-17(2,3)15(24)25;1-11(19)9-14-8-7-13(17(21)22-14)10-15(20)16(18)12-5-3-2-4-6-12;1-8(16)6-11-4-2-9(14(20)21-11)7-10(17)3-5-12(15)13(18)19;1-10(16)8-13-6-5-11(14(17)18-13)9-12-4-2-3-7-15-12;1-7(14)6-8-2-3-9(11(16)17-8)13-10(15)4-5-12;1-6(11)5-8-3-4-9(7(2)12)10(13)14-8/h8,10-11,26H,4-7H2,1-3H3,(H2,19,20)(H,24,25);2-6,13-14,16,21H,7-10,18H2,1H3;9,11-12,20H,2-7,15H2,1H3,(H,18,19);2-4,7,11,13,17H,5-6,8-9H2,1H3;8-9,16H,2-6,12H2,1H3,(H,13,15);7-9,12-13H,3-5H2,1-2H3/b21-14-;;;;;/t10-,11+;13-,14+,16+;9-,11+,12+;11-,13+;8-,9-;7-,8+,9+/m111101/s1. The number of pyridine rings is 1. The summed E-state index contributed by atoms with van der Waals surface area (Å²) in [5.41, 5.74) is 22.3. The van der Waals surface area contributed by atoms with Crippen molar-refractivity contribution in [2.24, 2.45) is 22.4 Å². The Balaban J connectivity index is 0.000000309. The molecule has 0 saturated carbocycles. The fraction of sp³-hybridized carbons (Fsp3) is 0.654. The van der Waals surface area contributed by atoms with Crippen LogP contribution in [0.3, 0.4) is 0 Å². The minimum absolute atomic E-state index is 0.00406. The van der Waals surface area contributed by atoms with Crippen LogP contribution in [0.15, 0.2) is 65.3 Å². The fourth-order valence-electron chi connectivity index (χ4n) is 14.1. The molecule has 36 nitrogen and oxygen atoms in total. The molecule has 1 amide bonds. The molecule has 3 aromatic rings. The minimum atomic E-state index is -1.65. The molecule has 9 rings (SSSR count). The number of thiazole rings is 1. The van der Waals surface area contributed by atoms with Gasteiger partial charge in [-0.25, -0.2) is 9.78 Å². The second kappa shape index (κ2) is 54.3. The maximum atomic E-state index is 12.9. The highest BCUT2D eigenvalue weighted by atomic mass is 32.1. The van der Waals surface area contributed by atoms with Gasteiger partial charge in [0.25, 0.3) is 0 Å². The maximum Gasteiger partial charge on any atom is 0.478 e. The minimum Gasteiger partial charge on any atom is -0.480 e. The third kappa shape index (κ3) is 40.8. The summed E-state index contributed by atoms with van der Waals surface area (Å²) >= 11 is 1.10. The highest BCUT2D eigenvalue weighted by Gasteiger charge is 2.43. The average molecular weight is 1720 g/mol. The molecule has 6 fully saturated rings. The van der Waals surface area contributed by atoms with Crippen LogP contribution in [0, 0.1) is 0 Å². The number of ketones is 9. The summed E-state index contributed by atoms with van der Waals surface area (Å²) in [5, 5.41) is 94.5. The van der Waals surface area contributed by atoms with Crippen LogP contribution in [0.5, 0.6) is 0 Å². The first kappa shape index (κ1) is 106. The Morgan fingerprint density at radius 1 is 0.554 bits per heavy atom. The van der Waals surface area contributed by atoms with Crippen LogP contribution < -0.4 is 28.3 Å². The number of carboxylic acid groups (broad SMARTS) is 2. The van der Waals surface area contributed by atoms with Gasteiger partial charge in [0, 0.05) is 154 Å². The Labute approximate surface area is 712 Å². The highest BCUT2D eigenvalue weighted by molar-refractivity contribution is 7.13. The van der Waals surface area contributed by atoms with E-state index in [1.54, 1.807) is 20.0 Å². The molecule has 0 aliphatic carbocycles. The molecule has 1 aromatic carbocycles. The Bertz CT molecular complexity index is 3830. The quantitative estimate of drug-likeness (QED) is 0.0224. The number of carbonyl (C=O) groups excluding carboxylic acids is 10. The van der Waals surface area contributed by atoms with E-state index in [4.69, 9.17) is 65.9 Å². The Morgan fingerprint density at radius 3 is 1.36 bits per heavy atom. The number of hydrogen-bond acceptors (Lipinski definition) is 34. The number of hydrogen-bond donors (Lipinski definition) is 14. The second-order valence-corrected chi connectivity index (χ2v) is 33.2. The number of aromatic nitrogens is 2. The molecular weight excluding hydrogens is 1590 g/mol. The van der Waals surface area contributed by atoms with Gasteiger partial charge < -0.3 is 106 Å². The van der Waals surface area contributed by atoms with Crippen molar-refractivity contribution < 1.29 is 136 Å². The third-order valence-electron chi connectivity index (χ3n) is 20.9. The van der Waals surface area contributed by atoms with Crippen molar-refractivity contribution in [3.05, 3.63) is 77.1 Å². The lowest BCUT2D eigenvalue weighted by Crippen LogP contribution is -2.53. The van der Waals surface area contributed by atoms with E-state index in [1.165, 1.54) is 53.8 Å². The predicted octanol–water partition coefficient (Wildman–Crippen LogP) is 4.08. The van der Waals surface area contributed by atoms with Gasteiger partial charge in [-0.1, -0.05) is 41.6 Å². The second-order valence-electron chi connectivity index (χ2n) is 32.3. The number of nitrogens with one attached hydrogen (secondary N) is 1. The third-order valence-corrected chi connectivity index (χ3v) is 21.5. The van der Waals surface area contributed by atoms with Crippen LogP contribution in [-0.4, -0.2) is 241 Å². The average Bonchev–Trinajstić information content (AvgIpc) is 1.80. The largest absolute Gasteiger partial charge is 0.480 e. The van der Waals surface area contributed by atoms with Crippen LogP contribution in [-0.2, 0) is 96.7 Å². The number of oxime groups is 1. The molecule has 8 heterocycles. The molecule has 0 radical (unpaired) electrons. The summed E-state index contributed by atoms with van der Waals surface area (Å²) in [6.45, 7) is 13.5. The number of aliphatic hydroxyl groups excluding tert-OH is 1. The number of carbonyl (C=O) groups is 12. The van der Waals surface area contributed by atoms with Gasteiger partial charge in [0.15, 0.2) is 22.4 Å². The zero-order chi connectivity index (χ0) is 90.4. The zero-order valence-corrected chi connectivity index (χ0v) is 71.4. The summed E-state index contributed by atoms with van der Waals surface area (Å²) in [5.74, 6) is -4.71. The van der Waals surface area contributed by atoms with Gasteiger partial charge in [0.05, 0.1) is 18.1 Å². The van der Waals surface area contributed by atoms with Crippen molar-refractivity contribution in [2.45, 2.75) is 318 Å². The van der Waals surface area contributed by atoms with Gasteiger partial charge in [-0.15, -0.1) is 11.3 Å². The van der Waals surface area contributed by atoms with Crippen LogP contribution in [0.2, 0.25) is 29.1 Å². The Kier molecular flexibility index (Phi) is 47.4. The first-order chi connectivity index (χ1) is 56.9. The number of rotatable bonds is 35. The molecule has 0 spiro atoms. The smallest absolute Gasteiger partial charge is 0.478 e. The van der Waals surface area contributed by atoms with Crippen LogP contribution in [0.4, 0.5) is 5.13 Å². The highest BCUT2D eigenvalue weighted by Crippen LogP contribution is 2.37. The van der Waals surface area contributed by atoms with Crippen molar-refractivity contribution >= 4 is 135 Å². The summed E-state index contributed by atoms with van der Waals surface area (Å²) < 4.78 is 32.2. The number of aliphatic hydroxyl groups is 1. The van der Waals surface area contributed by atoms with Crippen LogP contribution >= 0.6 is 11.3 Å². The number of benzene rings is 1. The number of nitrogens with zero attached hydrogens (tertiary/aromatic N) is 3. The Morgan fingerprint density at radius 2 is 0.975 bits per heavy atom. The predicted molar refractivity (Wildman–Crippen MR) is 451 cm³/mol. The maximum absolute atomic E-state index is 12.9. The molecule has 121 heavy (non-hydrogen) atoms. The van der Waals surface area contributed by atoms with Crippen molar-refractivity contribution in [3.63, 3.8) is 0 Å². The number of carboxylic acids is 2. The van der Waals surface area contributed by atoms with E-state index in [2.05, 4.69) is 20.4 Å². The van der Waals surface area contributed by atoms with Gasteiger partial charge in [-0.2, -0.15) is 0 Å². The van der Waals surface area contributed by atoms with Crippen molar-refractivity contribution in [1.82, 2.24) is 15.3 Å². The molecular formula is C78H122B6N8O28S. The van der Waals surface area contributed by atoms with Gasteiger partial charge >= 0.3 is 54.6 Å². The first-order valence-corrected chi connectivity index (χ1v) is 41.9.